The van der Waals surface area contributed by atoms with E-state index < -0.39 is 0 Å². The lowest BCUT2D eigenvalue weighted by molar-refractivity contribution is 0.684. The van der Waals surface area contributed by atoms with Gasteiger partial charge in [0.1, 0.15) is 5.82 Å². The minimum Gasteiger partial charge on any atom is -0.354 e. The summed E-state index contributed by atoms with van der Waals surface area (Å²) in [7, 11) is 0. The highest BCUT2D eigenvalue weighted by Gasteiger charge is 2.05. The molecule has 6 heteroatoms. The van der Waals surface area contributed by atoms with Crippen molar-refractivity contribution in [2.45, 2.75) is 20.8 Å². The van der Waals surface area contributed by atoms with Gasteiger partial charge in [0.05, 0.1) is 10.0 Å². The molecule has 0 spiro atoms. The predicted octanol–water partition coefficient (Wildman–Crippen LogP) is 4.90. The van der Waals surface area contributed by atoms with Crippen molar-refractivity contribution < 1.29 is 0 Å². The van der Waals surface area contributed by atoms with Crippen LogP contribution >= 0.6 is 23.2 Å². The van der Waals surface area contributed by atoms with Crippen LogP contribution in [0, 0.1) is 12.8 Å². The van der Waals surface area contributed by atoms with E-state index in [-0.39, 0.29) is 0 Å². The van der Waals surface area contributed by atoms with Crippen molar-refractivity contribution in [2.75, 3.05) is 17.2 Å². The average Bonchev–Trinajstić information content (AvgIpc) is 2.40. The second-order valence-electron chi connectivity index (χ2n) is 5.25. The molecule has 4 nitrogen and oxygen atoms in total. The minimum atomic E-state index is 0.505. The maximum absolute atomic E-state index is 6.01. The van der Waals surface area contributed by atoms with Crippen molar-refractivity contribution >= 4 is 40.7 Å². The first-order valence-electron chi connectivity index (χ1n) is 6.75. The lowest BCUT2D eigenvalue weighted by Gasteiger charge is -2.11. The Kier molecular flexibility index (Phi) is 5.26. The number of hydrogen-bond acceptors (Lipinski definition) is 4. The normalized spacial score (nSPS) is 10.8. The Hall–Kier alpha value is -1.52. The van der Waals surface area contributed by atoms with E-state index in [1.807, 2.05) is 19.1 Å². The van der Waals surface area contributed by atoms with Crippen LogP contribution in [0.15, 0.2) is 24.3 Å². The Balaban J connectivity index is 2.17. The van der Waals surface area contributed by atoms with Crippen molar-refractivity contribution in [3.63, 3.8) is 0 Å². The molecule has 112 valence electrons. The third kappa shape index (κ3) is 4.76. The monoisotopic (exact) mass is 324 g/mol. The van der Waals surface area contributed by atoms with Crippen molar-refractivity contribution in [3.8, 4) is 0 Å². The number of hydrogen-bond donors (Lipinski definition) is 2. The molecule has 0 radical (unpaired) electrons. The standard InChI is InChI=1S/C15H18Cl2N4/c1-9(2)8-18-15-19-10(3)6-14(21-15)20-11-4-5-12(16)13(17)7-11/h4-7,9H,8H2,1-3H3,(H2,18,19,20,21). The number of rotatable bonds is 5. The van der Waals surface area contributed by atoms with Crippen LogP contribution < -0.4 is 10.6 Å². The van der Waals surface area contributed by atoms with Gasteiger partial charge in [0.15, 0.2) is 0 Å². The highest BCUT2D eigenvalue weighted by Crippen LogP contribution is 2.26. The van der Waals surface area contributed by atoms with E-state index >= 15 is 0 Å². The number of aryl methyl sites for hydroxylation is 1. The molecule has 0 aliphatic heterocycles. The summed E-state index contributed by atoms with van der Waals surface area (Å²) in [6, 6.07) is 7.25. The summed E-state index contributed by atoms with van der Waals surface area (Å²) < 4.78 is 0. The smallest absolute Gasteiger partial charge is 0.224 e. The Morgan fingerprint density at radius 3 is 2.52 bits per heavy atom. The zero-order valence-corrected chi connectivity index (χ0v) is 13.8. The molecule has 0 saturated heterocycles. The lowest BCUT2D eigenvalue weighted by Crippen LogP contribution is -2.11. The zero-order valence-electron chi connectivity index (χ0n) is 12.2. The van der Waals surface area contributed by atoms with Gasteiger partial charge >= 0.3 is 0 Å². The van der Waals surface area contributed by atoms with Crippen LogP contribution in [-0.4, -0.2) is 16.5 Å². The quantitative estimate of drug-likeness (QED) is 0.820. The second-order valence-corrected chi connectivity index (χ2v) is 6.06. The molecule has 0 fully saturated rings. The van der Waals surface area contributed by atoms with Crippen LogP contribution in [0.1, 0.15) is 19.5 Å². The highest BCUT2D eigenvalue weighted by atomic mass is 35.5. The van der Waals surface area contributed by atoms with E-state index in [0.29, 0.717) is 27.7 Å². The van der Waals surface area contributed by atoms with Gasteiger partial charge in [-0.05, 0) is 31.0 Å². The summed E-state index contributed by atoms with van der Waals surface area (Å²) >= 11 is 11.9. The van der Waals surface area contributed by atoms with Crippen LogP contribution in [0.4, 0.5) is 17.5 Å². The van der Waals surface area contributed by atoms with E-state index in [1.165, 1.54) is 0 Å². The molecule has 0 bridgehead atoms. The molecule has 1 aromatic heterocycles. The van der Waals surface area contributed by atoms with Crippen molar-refractivity contribution in [2.24, 2.45) is 5.92 Å². The first-order valence-corrected chi connectivity index (χ1v) is 7.51. The molecule has 0 aliphatic carbocycles. The van der Waals surface area contributed by atoms with Gasteiger partial charge in [-0.25, -0.2) is 4.98 Å². The molecule has 2 N–H and O–H groups in total. The van der Waals surface area contributed by atoms with Crippen LogP contribution in [-0.2, 0) is 0 Å². The predicted molar refractivity (Wildman–Crippen MR) is 89.8 cm³/mol. The molecule has 2 rings (SSSR count). The number of halogens is 2. The summed E-state index contributed by atoms with van der Waals surface area (Å²) in [5, 5.41) is 7.46. The van der Waals surface area contributed by atoms with Gasteiger partial charge in [0, 0.05) is 24.0 Å². The molecule has 1 heterocycles. The van der Waals surface area contributed by atoms with Gasteiger partial charge in [-0.15, -0.1) is 0 Å². The first kappa shape index (κ1) is 15.9. The van der Waals surface area contributed by atoms with E-state index in [9.17, 15) is 0 Å². The first-order chi connectivity index (χ1) is 9.94. The summed E-state index contributed by atoms with van der Waals surface area (Å²) in [6.07, 6.45) is 0. The number of nitrogens with one attached hydrogen (secondary N) is 2. The highest BCUT2D eigenvalue weighted by molar-refractivity contribution is 6.42. The summed E-state index contributed by atoms with van der Waals surface area (Å²) in [5.41, 5.74) is 1.72. The number of benzene rings is 1. The van der Waals surface area contributed by atoms with Crippen LogP contribution in [0.3, 0.4) is 0 Å². The summed E-state index contributed by atoms with van der Waals surface area (Å²) in [6.45, 7) is 7.03. The molecular weight excluding hydrogens is 307 g/mol. The van der Waals surface area contributed by atoms with Gasteiger partial charge in [-0.2, -0.15) is 4.98 Å². The molecule has 0 aliphatic rings. The zero-order chi connectivity index (χ0) is 15.4. The van der Waals surface area contributed by atoms with E-state index in [4.69, 9.17) is 23.2 Å². The molecule has 0 unspecified atom stereocenters. The van der Waals surface area contributed by atoms with Gasteiger partial charge < -0.3 is 10.6 Å². The van der Waals surface area contributed by atoms with Crippen LogP contribution in [0.2, 0.25) is 10.0 Å². The number of nitrogens with zero attached hydrogens (tertiary/aromatic N) is 2. The Morgan fingerprint density at radius 1 is 1.10 bits per heavy atom. The van der Waals surface area contributed by atoms with E-state index in [0.717, 1.165) is 17.9 Å². The largest absolute Gasteiger partial charge is 0.354 e. The molecular formula is C15H18Cl2N4. The second kappa shape index (κ2) is 6.96. The molecule has 1 aromatic carbocycles. The fraction of sp³-hybridized carbons (Fsp3) is 0.333. The molecule has 21 heavy (non-hydrogen) atoms. The lowest BCUT2D eigenvalue weighted by atomic mass is 10.2. The third-order valence-corrected chi connectivity index (χ3v) is 3.45. The van der Waals surface area contributed by atoms with Crippen LogP contribution in [0.25, 0.3) is 0 Å². The Labute approximate surface area is 134 Å². The van der Waals surface area contributed by atoms with Gasteiger partial charge in [-0.3, -0.25) is 0 Å². The van der Waals surface area contributed by atoms with Gasteiger partial charge in [0.2, 0.25) is 5.95 Å². The SMILES string of the molecule is Cc1cc(Nc2ccc(Cl)c(Cl)c2)nc(NCC(C)C)n1. The fourth-order valence-corrected chi connectivity index (χ4v) is 2.03. The van der Waals surface area contributed by atoms with Gasteiger partial charge in [-0.1, -0.05) is 37.0 Å². The van der Waals surface area contributed by atoms with Crippen molar-refractivity contribution in [1.82, 2.24) is 9.97 Å². The van der Waals surface area contributed by atoms with Gasteiger partial charge in [0.25, 0.3) is 0 Å². The van der Waals surface area contributed by atoms with Crippen molar-refractivity contribution in [1.29, 1.82) is 0 Å². The maximum Gasteiger partial charge on any atom is 0.224 e. The third-order valence-electron chi connectivity index (χ3n) is 2.71. The summed E-state index contributed by atoms with van der Waals surface area (Å²) in [4.78, 5) is 8.81. The molecule has 0 amide bonds. The Morgan fingerprint density at radius 2 is 1.86 bits per heavy atom. The number of aromatic nitrogens is 2. The fourth-order valence-electron chi connectivity index (χ4n) is 1.73. The topological polar surface area (TPSA) is 49.8 Å². The number of anilines is 3. The van der Waals surface area contributed by atoms with E-state index in [2.05, 4.69) is 34.4 Å². The summed E-state index contributed by atoms with van der Waals surface area (Å²) in [5.74, 6) is 1.86. The maximum atomic E-state index is 6.01. The minimum absolute atomic E-state index is 0.505. The van der Waals surface area contributed by atoms with Crippen molar-refractivity contribution in [3.05, 3.63) is 40.0 Å². The van der Waals surface area contributed by atoms with Crippen LogP contribution in [0.5, 0.6) is 0 Å². The molecule has 0 atom stereocenters. The average molecular weight is 325 g/mol. The molecule has 2 aromatic rings. The van der Waals surface area contributed by atoms with E-state index in [1.54, 1.807) is 12.1 Å². The molecule has 0 saturated carbocycles. The Bertz CT molecular complexity index is 629.